The summed E-state index contributed by atoms with van der Waals surface area (Å²) in [7, 11) is 1.61. The van der Waals surface area contributed by atoms with Gasteiger partial charge in [-0.3, -0.25) is 4.90 Å². The van der Waals surface area contributed by atoms with Gasteiger partial charge in [0.25, 0.3) is 0 Å². The van der Waals surface area contributed by atoms with Crippen LogP contribution in [0.2, 0.25) is 5.02 Å². The maximum Gasteiger partial charge on any atom is 0.335 e. The van der Waals surface area contributed by atoms with Crippen LogP contribution in [0.4, 0.5) is 4.39 Å². The maximum atomic E-state index is 14.4. The highest BCUT2D eigenvalue weighted by atomic mass is 35.5. The average Bonchev–Trinajstić information content (AvgIpc) is 3.30. The third-order valence-corrected chi connectivity index (χ3v) is 8.50. The van der Waals surface area contributed by atoms with E-state index in [1.807, 2.05) is 12.1 Å². The van der Waals surface area contributed by atoms with Crippen molar-refractivity contribution in [2.45, 2.75) is 51.0 Å². The number of hydrogen-bond donors (Lipinski definition) is 1. The van der Waals surface area contributed by atoms with E-state index < -0.39 is 11.8 Å². The van der Waals surface area contributed by atoms with Gasteiger partial charge >= 0.3 is 5.97 Å². The second-order valence-electron chi connectivity index (χ2n) is 10.9. The average molecular weight is 594 g/mol. The summed E-state index contributed by atoms with van der Waals surface area (Å²) in [6.07, 6.45) is 2.92. The number of likely N-dealkylation sites (tertiary alicyclic amines) is 1. The number of imidazole rings is 1. The number of methoxy groups -OCH3 is 1. The number of benzene rings is 3. The van der Waals surface area contributed by atoms with Crippen LogP contribution >= 0.6 is 11.6 Å². The topological polar surface area (TPSA) is 86.1 Å². The molecule has 0 amide bonds. The van der Waals surface area contributed by atoms with Crippen molar-refractivity contribution in [2.75, 3.05) is 26.8 Å². The zero-order chi connectivity index (χ0) is 29.2. The number of carbonyl (C=O) groups is 1. The van der Waals surface area contributed by atoms with E-state index in [0.29, 0.717) is 35.2 Å². The molecule has 2 aliphatic heterocycles. The fourth-order valence-electron chi connectivity index (χ4n) is 5.82. The Balaban J connectivity index is 1.17. The third-order valence-electron chi connectivity index (χ3n) is 8.26. The van der Waals surface area contributed by atoms with E-state index in [9.17, 15) is 14.3 Å². The van der Waals surface area contributed by atoms with Crippen molar-refractivity contribution in [3.05, 3.63) is 88.0 Å². The van der Waals surface area contributed by atoms with E-state index in [-0.39, 0.29) is 24.2 Å². The molecule has 0 saturated carbocycles. The zero-order valence-corrected chi connectivity index (χ0v) is 24.1. The highest BCUT2D eigenvalue weighted by Crippen LogP contribution is 2.40. The van der Waals surface area contributed by atoms with Crippen molar-refractivity contribution >= 4 is 28.6 Å². The van der Waals surface area contributed by atoms with Gasteiger partial charge in [-0.05, 0) is 74.7 Å². The number of hydrogen-bond acceptors (Lipinski definition) is 6. The lowest BCUT2D eigenvalue weighted by Crippen LogP contribution is -2.35. The SMILES string of the molecule is COc1cccc(C2CCN(Cc3nc4ccc(C(=O)O)cc4n3C[C@@H]3CCO3)CC2)c1OCc1ccc(Cl)cc1F. The number of aromatic carboxylic acids is 1. The smallest absolute Gasteiger partial charge is 0.335 e. The molecule has 1 atom stereocenters. The molecular formula is C32H33ClFN3O5. The molecule has 0 radical (unpaired) electrons. The Morgan fingerprint density at radius 1 is 1.14 bits per heavy atom. The summed E-state index contributed by atoms with van der Waals surface area (Å²) in [5.74, 6) is 1.08. The molecule has 2 aliphatic rings. The molecule has 0 spiro atoms. The van der Waals surface area contributed by atoms with Crippen LogP contribution in [-0.4, -0.2) is 58.4 Å². The predicted molar refractivity (Wildman–Crippen MR) is 157 cm³/mol. The lowest BCUT2D eigenvalue weighted by Gasteiger charge is -2.33. The molecular weight excluding hydrogens is 561 g/mol. The van der Waals surface area contributed by atoms with Gasteiger partial charge in [0.05, 0.1) is 42.9 Å². The minimum absolute atomic E-state index is 0.0692. The Morgan fingerprint density at radius 2 is 1.95 bits per heavy atom. The third kappa shape index (κ3) is 5.95. The Labute approximate surface area is 248 Å². The Bertz CT molecular complexity index is 1600. The Kier molecular flexibility index (Phi) is 8.33. The molecule has 1 N–H and O–H groups in total. The molecule has 2 saturated heterocycles. The summed E-state index contributed by atoms with van der Waals surface area (Å²) in [5, 5.41) is 9.87. The normalized spacial score (nSPS) is 17.7. The van der Waals surface area contributed by atoms with E-state index >= 15 is 0 Å². The van der Waals surface area contributed by atoms with Gasteiger partial charge in [0.1, 0.15) is 18.2 Å². The fourth-order valence-corrected chi connectivity index (χ4v) is 5.98. The van der Waals surface area contributed by atoms with Gasteiger partial charge in [-0.25, -0.2) is 14.2 Å². The summed E-state index contributed by atoms with van der Waals surface area (Å²) in [6, 6.07) is 15.6. The van der Waals surface area contributed by atoms with Crippen molar-refractivity contribution in [1.82, 2.24) is 14.5 Å². The monoisotopic (exact) mass is 593 g/mol. The summed E-state index contributed by atoms with van der Waals surface area (Å²) in [6.45, 7) is 3.86. The Morgan fingerprint density at radius 3 is 2.64 bits per heavy atom. The molecule has 3 aromatic carbocycles. The molecule has 1 aromatic heterocycles. The van der Waals surface area contributed by atoms with Crippen LogP contribution in [0.15, 0.2) is 54.6 Å². The predicted octanol–water partition coefficient (Wildman–Crippen LogP) is 6.28. The first-order valence-electron chi connectivity index (χ1n) is 14.2. The van der Waals surface area contributed by atoms with Crippen molar-refractivity contribution < 1.29 is 28.5 Å². The van der Waals surface area contributed by atoms with E-state index in [4.69, 9.17) is 30.8 Å². The van der Waals surface area contributed by atoms with Crippen molar-refractivity contribution in [1.29, 1.82) is 0 Å². The molecule has 10 heteroatoms. The number of carboxylic acid groups (broad SMARTS) is 1. The van der Waals surface area contributed by atoms with Crippen molar-refractivity contribution in [2.24, 2.45) is 0 Å². The number of nitrogens with zero attached hydrogens (tertiary/aromatic N) is 3. The van der Waals surface area contributed by atoms with Crippen LogP contribution in [0.1, 0.15) is 52.5 Å². The van der Waals surface area contributed by atoms with Gasteiger partial charge in [-0.1, -0.05) is 29.8 Å². The first kappa shape index (κ1) is 28.5. The number of piperidine rings is 1. The number of fused-ring (bicyclic) bond motifs is 1. The minimum atomic E-state index is -0.952. The number of carboxylic acids is 1. The first-order chi connectivity index (χ1) is 20.4. The molecule has 3 heterocycles. The summed E-state index contributed by atoms with van der Waals surface area (Å²) >= 11 is 5.91. The van der Waals surface area contributed by atoms with Gasteiger partial charge in [0.15, 0.2) is 11.5 Å². The zero-order valence-electron chi connectivity index (χ0n) is 23.4. The quantitative estimate of drug-likeness (QED) is 0.231. The van der Waals surface area contributed by atoms with Crippen LogP contribution < -0.4 is 9.47 Å². The minimum Gasteiger partial charge on any atom is -0.493 e. The number of rotatable bonds is 10. The fraction of sp³-hybridized carbons (Fsp3) is 0.375. The van der Waals surface area contributed by atoms with Crippen LogP contribution in [0.5, 0.6) is 11.5 Å². The van der Waals surface area contributed by atoms with Crippen LogP contribution in [0, 0.1) is 5.82 Å². The van der Waals surface area contributed by atoms with Gasteiger partial charge in [0, 0.05) is 22.8 Å². The summed E-state index contributed by atoms with van der Waals surface area (Å²) in [5.41, 5.74) is 3.35. The van der Waals surface area contributed by atoms with E-state index in [1.54, 1.807) is 37.4 Å². The van der Waals surface area contributed by atoms with Crippen molar-refractivity contribution in [3.63, 3.8) is 0 Å². The maximum absolute atomic E-state index is 14.4. The molecule has 42 heavy (non-hydrogen) atoms. The van der Waals surface area contributed by atoms with Gasteiger partial charge in [-0.2, -0.15) is 0 Å². The number of halogens is 2. The molecule has 6 rings (SSSR count). The first-order valence-corrected chi connectivity index (χ1v) is 14.6. The molecule has 2 fully saturated rings. The van der Waals surface area contributed by atoms with Crippen LogP contribution in [0.3, 0.4) is 0 Å². The van der Waals surface area contributed by atoms with Crippen molar-refractivity contribution in [3.8, 4) is 11.5 Å². The number of ether oxygens (including phenoxy) is 3. The molecule has 220 valence electrons. The standard InChI is InChI=1S/C32H33ClFN3O5/c1-40-29-4-2-3-25(31(29)42-19-22-5-7-23(33)16-26(22)34)20-9-12-36(13-10-20)18-30-35-27-8-6-21(32(38)39)15-28(27)37(30)17-24-11-14-41-24/h2-8,15-16,20,24H,9-14,17-19H2,1H3,(H,38,39)/t24-/m0/s1. The van der Waals surface area contributed by atoms with E-state index in [1.165, 1.54) is 6.07 Å². The number of aromatic nitrogens is 2. The summed E-state index contributed by atoms with van der Waals surface area (Å²) in [4.78, 5) is 18.9. The lowest BCUT2D eigenvalue weighted by atomic mass is 9.88. The van der Waals surface area contributed by atoms with E-state index in [2.05, 4.69) is 15.5 Å². The molecule has 4 aromatic rings. The van der Waals surface area contributed by atoms with Crippen LogP contribution in [-0.2, 0) is 24.4 Å². The van der Waals surface area contributed by atoms with Gasteiger partial charge in [0.2, 0.25) is 0 Å². The Hall–Kier alpha value is -3.66. The molecule has 0 unspecified atom stereocenters. The second kappa shape index (κ2) is 12.3. The lowest BCUT2D eigenvalue weighted by molar-refractivity contribution is -0.0592. The largest absolute Gasteiger partial charge is 0.493 e. The van der Waals surface area contributed by atoms with Crippen LogP contribution in [0.25, 0.3) is 11.0 Å². The number of para-hydroxylation sites is 1. The second-order valence-corrected chi connectivity index (χ2v) is 11.3. The molecule has 0 aliphatic carbocycles. The highest BCUT2D eigenvalue weighted by Gasteiger charge is 2.28. The van der Waals surface area contributed by atoms with E-state index in [0.717, 1.165) is 61.4 Å². The summed E-state index contributed by atoms with van der Waals surface area (Å²) < 4.78 is 34.0. The van der Waals surface area contributed by atoms with Gasteiger partial charge < -0.3 is 23.9 Å². The molecule has 0 bridgehead atoms. The highest BCUT2D eigenvalue weighted by molar-refractivity contribution is 6.30. The van der Waals surface area contributed by atoms with Gasteiger partial charge in [-0.15, -0.1) is 0 Å². The molecule has 8 nitrogen and oxygen atoms in total.